The molecular weight excluding hydrogens is 304 g/mol. The molecule has 0 spiro atoms. The fraction of sp³-hybridized carbons (Fsp3) is 0.150. The minimum Gasteiger partial charge on any atom is -0.489 e. The minimum absolute atomic E-state index is 0.310. The summed E-state index contributed by atoms with van der Waals surface area (Å²) in [5.74, 6) is -3.38. The molecule has 0 amide bonds. The molecule has 2 aromatic rings. The molecule has 0 radical (unpaired) electrons. The smallest absolute Gasteiger partial charge is 0.200 e. The van der Waals surface area contributed by atoms with Crippen LogP contribution in [0.5, 0.6) is 0 Å². The van der Waals surface area contributed by atoms with Crippen molar-refractivity contribution in [3.63, 3.8) is 0 Å². The molecule has 0 aromatic heterocycles. The number of ketones is 1. The van der Waals surface area contributed by atoms with E-state index in [-0.39, 0.29) is 5.78 Å². The Kier molecular flexibility index (Phi) is 4.60. The van der Waals surface area contributed by atoms with E-state index in [9.17, 15) is 15.0 Å². The van der Waals surface area contributed by atoms with Crippen LogP contribution in [0.4, 0.5) is 0 Å². The van der Waals surface area contributed by atoms with Gasteiger partial charge in [0.1, 0.15) is 12.4 Å². The van der Waals surface area contributed by atoms with Gasteiger partial charge in [0.05, 0.1) is 5.92 Å². The predicted molar refractivity (Wildman–Crippen MR) is 89.9 cm³/mol. The molecule has 2 aromatic carbocycles. The standard InChI is InChI=1S/C20H18O4/c21-19(16-9-5-2-6-10-16)18-12-11-17(13-20(18,22)23)24-14-15-7-3-1-4-8-15/h1-13,18,22-23H,14H2. The lowest BCUT2D eigenvalue weighted by molar-refractivity contribution is -0.139. The van der Waals surface area contributed by atoms with Crippen LogP contribution in [0.25, 0.3) is 0 Å². The van der Waals surface area contributed by atoms with Gasteiger partial charge in [0.15, 0.2) is 5.78 Å². The Labute approximate surface area is 140 Å². The SMILES string of the molecule is O=C(c1ccccc1)C1C=CC(OCc2ccccc2)=CC1(O)O. The molecule has 0 heterocycles. The first-order valence-corrected chi connectivity index (χ1v) is 7.68. The minimum atomic E-state index is -2.28. The number of aliphatic hydroxyl groups is 2. The van der Waals surface area contributed by atoms with Crippen LogP contribution >= 0.6 is 0 Å². The van der Waals surface area contributed by atoms with Crippen molar-refractivity contribution >= 4 is 5.78 Å². The Hall–Kier alpha value is -2.69. The van der Waals surface area contributed by atoms with E-state index in [4.69, 9.17) is 4.74 Å². The average Bonchev–Trinajstić information content (AvgIpc) is 2.60. The zero-order valence-electron chi connectivity index (χ0n) is 13.0. The number of hydrogen-bond acceptors (Lipinski definition) is 4. The molecule has 3 rings (SSSR count). The maximum absolute atomic E-state index is 12.5. The van der Waals surface area contributed by atoms with Crippen molar-refractivity contribution in [2.24, 2.45) is 5.92 Å². The van der Waals surface area contributed by atoms with Crippen LogP contribution in [0.1, 0.15) is 15.9 Å². The number of Topliss-reactive ketones (excluding diaryl/α,β-unsaturated/α-hetero) is 1. The zero-order valence-corrected chi connectivity index (χ0v) is 13.0. The molecule has 4 heteroatoms. The normalized spacial score (nSPS) is 18.8. The number of hydrogen-bond donors (Lipinski definition) is 2. The first-order valence-electron chi connectivity index (χ1n) is 7.68. The fourth-order valence-electron chi connectivity index (χ4n) is 2.57. The topological polar surface area (TPSA) is 66.8 Å². The lowest BCUT2D eigenvalue weighted by Gasteiger charge is -2.29. The van der Waals surface area contributed by atoms with E-state index in [1.807, 2.05) is 30.3 Å². The number of carbonyl (C=O) groups is 1. The fourth-order valence-corrected chi connectivity index (χ4v) is 2.57. The Bertz CT molecular complexity index is 761. The van der Waals surface area contributed by atoms with Gasteiger partial charge in [-0.3, -0.25) is 4.79 Å². The summed E-state index contributed by atoms with van der Waals surface area (Å²) in [6, 6.07) is 18.1. The van der Waals surface area contributed by atoms with Gasteiger partial charge in [-0.15, -0.1) is 0 Å². The third-order valence-electron chi connectivity index (χ3n) is 3.85. The van der Waals surface area contributed by atoms with E-state index in [1.54, 1.807) is 36.4 Å². The van der Waals surface area contributed by atoms with Crippen LogP contribution < -0.4 is 0 Å². The van der Waals surface area contributed by atoms with E-state index in [1.165, 1.54) is 12.2 Å². The van der Waals surface area contributed by atoms with Gasteiger partial charge in [0.25, 0.3) is 0 Å². The largest absolute Gasteiger partial charge is 0.489 e. The molecule has 2 N–H and O–H groups in total. The highest BCUT2D eigenvalue weighted by molar-refractivity contribution is 5.99. The van der Waals surface area contributed by atoms with Gasteiger partial charge in [-0.25, -0.2) is 0 Å². The van der Waals surface area contributed by atoms with Crippen molar-refractivity contribution in [2.45, 2.75) is 12.4 Å². The average molecular weight is 322 g/mol. The van der Waals surface area contributed by atoms with Gasteiger partial charge in [-0.05, 0) is 11.6 Å². The maximum Gasteiger partial charge on any atom is 0.200 e. The van der Waals surface area contributed by atoms with Crippen LogP contribution in [-0.2, 0) is 11.3 Å². The van der Waals surface area contributed by atoms with Crippen molar-refractivity contribution in [1.29, 1.82) is 0 Å². The van der Waals surface area contributed by atoms with E-state index in [2.05, 4.69) is 0 Å². The molecule has 0 saturated carbocycles. The van der Waals surface area contributed by atoms with Crippen LogP contribution in [0.15, 0.2) is 84.7 Å². The predicted octanol–water partition coefficient (Wildman–Crippen LogP) is 2.84. The zero-order chi connectivity index (χ0) is 17.0. The van der Waals surface area contributed by atoms with Gasteiger partial charge in [-0.1, -0.05) is 66.7 Å². The third kappa shape index (κ3) is 3.62. The summed E-state index contributed by atoms with van der Waals surface area (Å²) in [7, 11) is 0. The molecule has 1 aliphatic rings. The Morgan fingerprint density at radius 3 is 2.25 bits per heavy atom. The summed E-state index contributed by atoms with van der Waals surface area (Å²) in [4.78, 5) is 12.5. The third-order valence-corrected chi connectivity index (χ3v) is 3.85. The molecule has 1 aliphatic carbocycles. The van der Waals surface area contributed by atoms with Crippen molar-refractivity contribution in [1.82, 2.24) is 0 Å². The Morgan fingerprint density at radius 2 is 1.62 bits per heavy atom. The summed E-state index contributed by atoms with van der Waals surface area (Å²) in [5, 5.41) is 20.5. The first kappa shape index (κ1) is 16.2. The van der Waals surface area contributed by atoms with Crippen molar-refractivity contribution in [3.05, 3.63) is 95.8 Å². The van der Waals surface area contributed by atoms with E-state index >= 15 is 0 Å². The van der Waals surface area contributed by atoms with Crippen LogP contribution in [0.2, 0.25) is 0 Å². The number of carbonyl (C=O) groups excluding carboxylic acids is 1. The number of ether oxygens (including phenoxy) is 1. The van der Waals surface area contributed by atoms with Gasteiger partial charge in [0, 0.05) is 11.6 Å². The molecule has 0 aliphatic heterocycles. The molecule has 0 fully saturated rings. The highest BCUT2D eigenvalue weighted by Gasteiger charge is 2.39. The van der Waals surface area contributed by atoms with Crippen molar-refractivity contribution < 1.29 is 19.7 Å². The summed E-state index contributed by atoms with van der Waals surface area (Å²) >= 11 is 0. The van der Waals surface area contributed by atoms with Crippen molar-refractivity contribution in [2.75, 3.05) is 0 Å². The second kappa shape index (κ2) is 6.83. The number of benzene rings is 2. The van der Waals surface area contributed by atoms with Gasteiger partial charge in [0.2, 0.25) is 5.79 Å². The monoisotopic (exact) mass is 322 g/mol. The van der Waals surface area contributed by atoms with Gasteiger partial charge < -0.3 is 14.9 Å². The number of rotatable bonds is 5. The summed E-state index contributed by atoms with van der Waals surface area (Å²) in [6.45, 7) is 0.310. The van der Waals surface area contributed by atoms with Gasteiger partial charge >= 0.3 is 0 Å². The summed E-state index contributed by atoms with van der Waals surface area (Å²) in [5.41, 5.74) is 1.40. The van der Waals surface area contributed by atoms with Crippen LogP contribution in [0, 0.1) is 5.92 Å². The lowest BCUT2D eigenvalue weighted by atomic mass is 9.86. The molecular formula is C20H18O4. The molecule has 24 heavy (non-hydrogen) atoms. The Morgan fingerprint density at radius 1 is 1.00 bits per heavy atom. The number of allylic oxidation sites excluding steroid dienone is 1. The highest BCUT2D eigenvalue weighted by Crippen LogP contribution is 2.29. The maximum atomic E-state index is 12.5. The molecule has 122 valence electrons. The molecule has 4 nitrogen and oxygen atoms in total. The first-order chi connectivity index (χ1) is 11.6. The molecule has 1 atom stereocenters. The summed E-state index contributed by atoms with van der Waals surface area (Å²) in [6.07, 6.45) is 4.23. The van der Waals surface area contributed by atoms with E-state index < -0.39 is 11.7 Å². The molecule has 0 bridgehead atoms. The van der Waals surface area contributed by atoms with Crippen LogP contribution in [0.3, 0.4) is 0 Å². The van der Waals surface area contributed by atoms with Gasteiger partial charge in [-0.2, -0.15) is 0 Å². The van der Waals surface area contributed by atoms with Crippen LogP contribution in [-0.4, -0.2) is 21.8 Å². The molecule has 1 unspecified atom stereocenters. The Balaban J connectivity index is 1.71. The second-order valence-electron chi connectivity index (χ2n) is 5.67. The molecule has 0 saturated heterocycles. The highest BCUT2D eigenvalue weighted by atomic mass is 16.5. The van der Waals surface area contributed by atoms with Crippen molar-refractivity contribution in [3.8, 4) is 0 Å². The lowest BCUT2D eigenvalue weighted by Crippen LogP contribution is -2.41. The van der Waals surface area contributed by atoms with E-state index in [0.29, 0.717) is 17.9 Å². The quantitative estimate of drug-likeness (QED) is 0.656. The second-order valence-corrected chi connectivity index (χ2v) is 5.67. The van der Waals surface area contributed by atoms with E-state index in [0.717, 1.165) is 5.56 Å². The summed E-state index contributed by atoms with van der Waals surface area (Å²) < 4.78 is 5.58.